The lowest BCUT2D eigenvalue weighted by atomic mass is 10.1. The lowest BCUT2D eigenvalue weighted by molar-refractivity contribution is 1.10. The van der Waals surface area contributed by atoms with Gasteiger partial charge in [0.25, 0.3) is 0 Å². The van der Waals surface area contributed by atoms with Crippen LogP contribution in [0.1, 0.15) is 33.6 Å². The standard InChI is InChI=1S/C9H16N2/c1-5-7-9(6-2)8(3)11-10-4/h7H,4-6H2,1-3H3/b9-7+,11-8-. The lowest BCUT2D eigenvalue weighted by Gasteiger charge is -2.00. The summed E-state index contributed by atoms with van der Waals surface area (Å²) in [7, 11) is 0. The number of rotatable bonds is 4. The number of hydrogen-bond donors (Lipinski definition) is 0. The van der Waals surface area contributed by atoms with Crippen molar-refractivity contribution < 1.29 is 0 Å². The van der Waals surface area contributed by atoms with E-state index in [1.165, 1.54) is 5.57 Å². The molecule has 0 aliphatic heterocycles. The molecule has 0 unspecified atom stereocenters. The zero-order chi connectivity index (χ0) is 8.69. The Kier molecular flexibility index (Phi) is 5.35. The first kappa shape index (κ1) is 10.1. The quantitative estimate of drug-likeness (QED) is 0.437. The van der Waals surface area contributed by atoms with Gasteiger partial charge in [0.15, 0.2) is 0 Å². The van der Waals surface area contributed by atoms with Crippen LogP contribution in [-0.4, -0.2) is 12.4 Å². The van der Waals surface area contributed by atoms with Gasteiger partial charge in [-0.25, -0.2) is 0 Å². The third-order valence-corrected chi connectivity index (χ3v) is 1.52. The fourth-order valence-electron chi connectivity index (χ4n) is 0.965. The summed E-state index contributed by atoms with van der Waals surface area (Å²) in [6.07, 6.45) is 4.23. The molecule has 0 rings (SSSR count). The zero-order valence-corrected chi connectivity index (χ0v) is 7.59. The van der Waals surface area contributed by atoms with E-state index >= 15 is 0 Å². The van der Waals surface area contributed by atoms with Crippen LogP contribution in [0, 0.1) is 0 Å². The minimum absolute atomic E-state index is 0.976. The summed E-state index contributed by atoms with van der Waals surface area (Å²) < 4.78 is 0. The van der Waals surface area contributed by atoms with Crippen LogP contribution in [0.15, 0.2) is 21.9 Å². The van der Waals surface area contributed by atoms with Crippen molar-refractivity contribution in [3.8, 4) is 0 Å². The summed E-state index contributed by atoms with van der Waals surface area (Å²) in [6, 6.07) is 0. The van der Waals surface area contributed by atoms with Crippen molar-refractivity contribution in [1.82, 2.24) is 0 Å². The highest BCUT2D eigenvalue weighted by Crippen LogP contribution is 2.05. The van der Waals surface area contributed by atoms with Crippen LogP contribution in [0.4, 0.5) is 0 Å². The van der Waals surface area contributed by atoms with Gasteiger partial charge < -0.3 is 0 Å². The van der Waals surface area contributed by atoms with E-state index in [1.54, 1.807) is 0 Å². The fraction of sp³-hybridized carbons (Fsp3) is 0.556. The van der Waals surface area contributed by atoms with Crippen molar-refractivity contribution in [3.05, 3.63) is 11.6 Å². The molecule has 0 aliphatic rings. The van der Waals surface area contributed by atoms with Crippen molar-refractivity contribution in [2.24, 2.45) is 10.2 Å². The van der Waals surface area contributed by atoms with Crippen molar-refractivity contribution >= 4 is 12.4 Å². The number of nitrogens with zero attached hydrogens (tertiary/aromatic N) is 2. The SMILES string of the molecule is C=N/N=C(C)\C(=C\CC)CC. The highest BCUT2D eigenvalue weighted by atomic mass is 15.2. The Morgan fingerprint density at radius 1 is 1.45 bits per heavy atom. The molecule has 0 saturated heterocycles. The van der Waals surface area contributed by atoms with E-state index in [-0.39, 0.29) is 0 Å². The Morgan fingerprint density at radius 3 is 2.45 bits per heavy atom. The smallest absolute Gasteiger partial charge is 0.0628 e. The van der Waals surface area contributed by atoms with E-state index in [4.69, 9.17) is 0 Å². The first-order valence-electron chi connectivity index (χ1n) is 3.95. The highest BCUT2D eigenvalue weighted by Gasteiger charge is 1.96. The highest BCUT2D eigenvalue weighted by molar-refractivity contribution is 5.98. The van der Waals surface area contributed by atoms with Crippen LogP contribution in [0.3, 0.4) is 0 Å². The summed E-state index contributed by atoms with van der Waals surface area (Å²) in [5.41, 5.74) is 2.24. The van der Waals surface area contributed by atoms with E-state index in [0.29, 0.717) is 0 Å². The monoisotopic (exact) mass is 152 g/mol. The van der Waals surface area contributed by atoms with Crippen LogP contribution in [0.2, 0.25) is 0 Å². The van der Waals surface area contributed by atoms with Gasteiger partial charge in [0.05, 0.1) is 5.71 Å². The van der Waals surface area contributed by atoms with Crippen molar-refractivity contribution in [1.29, 1.82) is 0 Å². The van der Waals surface area contributed by atoms with Gasteiger partial charge in [-0.2, -0.15) is 10.2 Å². The molecule has 0 amide bonds. The van der Waals surface area contributed by atoms with Gasteiger partial charge in [0.2, 0.25) is 0 Å². The average Bonchev–Trinajstić information content (AvgIpc) is 2.00. The molecule has 0 aromatic carbocycles. The molecule has 0 aromatic rings. The van der Waals surface area contributed by atoms with E-state index in [1.807, 2.05) is 6.92 Å². The molecule has 2 heteroatoms. The van der Waals surface area contributed by atoms with Crippen LogP contribution in [-0.2, 0) is 0 Å². The Morgan fingerprint density at radius 2 is 2.09 bits per heavy atom. The molecular formula is C9H16N2. The summed E-state index contributed by atoms with van der Waals surface area (Å²) in [4.78, 5) is 0. The maximum atomic E-state index is 3.88. The molecule has 0 saturated carbocycles. The largest absolute Gasteiger partial charge is 0.167 e. The molecule has 2 nitrogen and oxygen atoms in total. The predicted octanol–water partition coefficient (Wildman–Crippen LogP) is 2.81. The summed E-state index contributed by atoms with van der Waals surface area (Å²) in [5, 5.41) is 7.36. The van der Waals surface area contributed by atoms with E-state index in [9.17, 15) is 0 Å². The summed E-state index contributed by atoms with van der Waals surface area (Å²) in [5.74, 6) is 0. The van der Waals surface area contributed by atoms with Crippen LogP contribution < -0.4 is 0 Å². The molecule has 11 heavy (non-hydrogen) atoms. The van der Waals surface area contributed by atoms with E-state index in [0.717, 1.165) is 18.6 Å². The molecule has 62 valence electrons. The molecule has 0 heterocycles. The second kappa shape index (κ2) is 5.83. The summed E-state index contributed by atoms with van der Waals surface area (Å²) >= 11 is 0. The topological polar surface area (TPSA) is 24.7 Å². The third-order valence-electron chi connectivity index (χ3n) is 1.52. The van der Waals surface area contributed by atoms with Gasteiger partial charge in [0.1, 0.15) is 0 Å². The molecule has 0 spiro atoms. The number of allylic oxidation sites excluding steroid dienone is 2. The van der Waals surface area contributed by atoms with Crippen LogP contribution >= 0.6 is 0 Å². The fourth-order valence-corrected chi connectivity index (χ4v) is 0.965. The van der Waals surface area contributed by atoms with Gasteiger partial charge in [-0.3, -0.25) is 0 Å². The van der Waals surface area contributed by atoms with Gasteiger partial charge in [-0.05, 0) is 25.3 Å². The van der Waals surface area contributed by atoms with Gasteiger partial charge in [0, 0.05) is 6.72 Å². The Hall–Kier alpha value is -0.920. The van der Waals surface area contributed by atoms with Gasteiger partial charge in [-0.1, -0.05) is 19.9 Å². The molecule has 0 aliphatic carbocycles. The zero-order valence-electron chi connectivity index (χ0n) is 7.59. The summed E-state index contributed by atoms with van der Waals surface area (Å²) in [6.45, 7) is 9.50. The second-order valence-electron chi connectivity index (χ2n) is 2.32. The Labute approximate surface area is 68.7 Å². The van der Waals surface area contributed by atoms with Crippen molar-refractivity contribution in [2.75, 3.05) is 0 Å². The van der Waals surface area contributed by atoms with Gasteiger partial charge in [-0.15, -0.1) is 0 Å². The van der Waals surface area contributed by atoms with Crippen LogP contribution in [0.25, 0.3) is 0 Å². The Balaban J connectivity index is 4.37. The normalized spacial score (nSPS) is 13.4. The maximum absolute atomic E-state index is 3.88. The molecule has 0 radical (unpaired) electrons. The molecule has 0 bridgehead atoms. The lowest BCUT2D eigenvalue weighted by Crippen LogP contribution is -1.95. The van der Waals surface area contributed by atoms with E-state index in [2.05, 4.69) is 36.8 Å². The maximum Gasteiger partial charge on any atom is 0.0628 e. The average molecular weight is 152 g/mol. The number of hydrogen-bond acceptors (Lipinski definition) is 2. The first-order chi connectivity index (χ1) is 5.26. The predicted molar refractivity (Wildman–Crippen MR) is 51.3 cm³/mol. The first-order valence-corrected chi connectivity index (χ1v) is 3.95. The molecule has 0 atom stereocenters. The molecular weight excluding hydrogens is 136 g/mol. The Bertz CT molecular complexity index is 178. The van der Waals surface area contributed by atoms with E-state index < -0.39 is 0 Å². The molecule has 0 aromatic heterocycles. The third kappa shape index (κ3) is 3.71. The molecule has 0 fully saturated rings. The van der Waals surface area contributed by atoms with Crippen molar-refractivity contribution in [2.45, 2.75) is 33.6 Å². The molecule has 0 N–H and O–H groups in total. The van der Waals surface area contributed by atoms with Crippen molar-refractivity contribution in [3.63, 3.8) is 0 Å². The minimum Gasteiger partial charge on any atom is -0.167 e. The van der Waals surface area contributed by atoms with Crippen LogP contribution in [0.5, 0.6) is 0 Å². The minimum atomic E-state index is 0.976. The van der Waals surface area contributed by atoms with Gasteiger partial charge >= 0.3 is 0 Å². The second-order valence-corrected chi connectivity index (χ2v) is 2.32.